The van der Waals surface area contributed by atoms with Gasteiger partial charge in [0.2, 0.25) is 5.91 Å². The quantitative estimate of drug-likeness (QED) is 0.827. The molecule has 1 aliphatic heterocycles. The molecule has 0 N–H and O–H groups in total. The fraction of sp³-hybridized carbons (Fsp3) is 0.350. The zero-order valence-electron chi connectivity index (χ0n) is 14.2. The second-order valence-electron chi connectivity index (χ2n) is 6.59. The van der Waals surface area contributed by atoms with Gasteiger partial charge in [-0.25, -0.2) is 8.42 Å². The number of hydrogen-bond acceptors (Lipinski definition) is 3. The van der Waals surface area contributed by atoms with Crippen molar-refractivity contribution in [3.8, 4) is 0 Å². The van der Waals surface area contributed by atoms with Gasteiger partial charge in [-0.2, -0.15) is 0 Å². The van der Waals surface area contributed by atoms with Gasteiger partial charge in [0, 0.05) is 13.1 Å². The number of hydrogen-bond donors (Lipinski definition) is 0. The first-order valence-electron chi connectivity index (χ1n) is 8.64. The lowest BCUT2D eigenvalue weighted by Crippen LogP contribution is -2.41. The second kappa shape index (κ2) is 7.83. The van der Waals surface area contributed by atoms with E-state index in [1.54, 1.807) is 23.1 Å². The highest BCUT2D eigenvalue weighted by molar-refractivity contribution is 7.92. The van der Waals surface area contributed by atoms with Gasteiger partial charge in [0.15, 0.2) is 9.84 Å². The van der Waals surface area contributed by atoms with Gasteiger partial charge < -0.3 is 4.90 Å². The van der Waals surface area contributed by atoms with Crippen molar-refractivity contribution in [2.45, 2.75) is 24.2 Å². The number of benzene rings is 2. The molecule has 5 heteroatoms. The molecule has 1 saturated heterocycles. The van der Waals surface area contributed by atoms with E-state index in [9.17, 15) is 13.2 Å². The highest BCUT2D eigenvalue weighted by atomic mass is 32.2. The van der Waals surface area contributed by atoms with Crippen molar-refractivity contribution in [1.82, 2.24) is 4.90 Å². The highest BCUT2D eigenvalue weighted by Crippen LogP contribution is 2.22. The third kappa shape index (κ3) is 4.69. The lowest BCUT2D eigenvalue weighted by atomic mass is 9.90. The van der Waals surface area contributed by atoms with Crippen LogP contribution >= 0.6 is 0 Å². The largest absolute Gasteiger partial charge is 0.342 e. The molecule has 1 amide bonds. The van der Waals surface area contributed by atoms with Gasteiger partial charge in [-0.15, -0.1) is 0 Å². The molecule has 2 aromatic carbocycles. The fourth-order valence-electron chi connectivity index (χ4n) is 3.30. The predicted octanol–water partition coefficient (Wildman–Crippen LogP) is 2.94. The Morgan fingerprint density at radius 1 is 0.920 bits per heavy atom. The normalized spacial score (nSPS) is 15.9. The Morgan fingerprint density at radius 2 is 1.48 bits per heavy atom. The van der Waals surface area contributed by atoms with Crippen molar-refractivity contribution in [1.29, 1.82) is 0 Å². The Kier molecular flexibility index (Phi) is 5.53. The van der Waals surface area contributed by atoms with Crippen LogP contribution in [0.5, 0.6) is 0 Å². The summed E-state index contributed by atoms with van der Waals surface area (Å²) in [5, 5.41) is 0. The van der Waals surface area contributed by atoms with Crippen molar-refractivity contribution in [2.75, 3.05) is 18.8 Å². The topological polar surface area (TPSA) is 54.5 Å². The Morgan fingerprint density at radius 3 is 2.08 bits per heavy atom. The first-order chi connectivity index (χ1) is 12.0. The van der Waals surface area contributed by atoms with Crippen LogP contribution in [0, 0.1) is 5.92 Å². The van der Waals surface area contributed by atoms with Gasteiger partial charge in [0.1, 0.15) is 5.75 Å². The Bertz CT molecular complexity index is 795. The molecule has 1 aliphatic rings. The average Bonchev–Trinajstić information content (AvgIpc) is 2.63. The molecule has 3 rings (SSSR count). The van der Waals surface area contributed by atoms with E-state index in [1.807, 2.05) is 18.2 Å². The molecule has 2 aromatic rings. The van der Waals surface area contributed by atoms with Crippen LogP contribution in [-0.4, -0.2) is 38.1 Å². The van der Waals surface area contributed by atoms with Gasteiger partial charge in [-0.3, -0.25) is 4.79 Å². The molecule has 25 heavy (non-hydrogen) atoms. The molecule has 0 atom stereocenters. The first-order valence-corrected chi connectivity index (χ1v) is 10.3. The van der Waals surface area contributed by atoms with Crippen LogP contribution in [0.2, 0.25) is 0 Å². The molecule has 0 aromatic heterocycles. The monoisotopic (exact) mass is 357 g/mol. The molecule has 132 valence electrons. The number of carbonyl (C=O) groups is 1. The van der Waals surface area contributed by atoms with E-state index in [-0.39, 0.29) is 10.8 Å². The van der Waals surface area contributed by atoms with E-state index in [0.29, 0.717) is 19.0 Å². The standard InChI is InChI=1S/C20H23NO3S/c22-20(16-25(23,24)19-9-5-2-6-10-19)21-13-11-18(12-14-21)15-17-7-3-1-4-8-17/h1-10,18H,11-16H2. The van der Waals surface area contributed by atoms with Crippen molar-refractivity contribution >= 4 is 15.7 Å². The number of rotatable bonds is 5. The van der Waals surface area contributed by atoms with E-state index in [0.717, 1.165) is 19.3 Å². The molecule has 0 radical (unpaired) electrons. The molecule has 1 heterocycles. The number of piperidine rings is 1. The van der Waals surface area contributed by atoms with E-state index < -0.39 is 15.6 Å². The minimum Gasteiger partial charge on any atom is -0.342 e. The van der Waals surface area contributed by atoms with Gasteiger partial charge in [-0.05, 0) is 42.9 Å². The van der Waals surface area contributed by atoms with Crippen LogP contribution in [0.1, 0.15) is 18.4 Å². The minimum atomic E-state index is -3.56. The Labute approximate surface area is 149 Å². The molecule has 4 nitrogen and oxygen atoms in total. The molecule has 0 spiro atoms. The summed E-state index contributed by atoms with van der Waals surface area (Å²) in [4.78, 5) is 14.3. The first kappa shape index (κ1) is 17.7. The molecule has 1 fully saturated rings. The van der Waals surface area contributed by atoms with Crippen LogP contribution in [0.15, 0.2) is 65.6 Å². The van der Waals surface area contributed by atoms with E-state index in [2.05, 4.69) is 12.1 Å². The lowest BCUT2D eigenvalue weighted by molar-refractivity contribution is -0.129. The van der Waals surface area contributed by atoms with E-state index in [4.69, 9.17) is 0 Å². The van der Waals surface area contributed by atoms with Crippen molar-refractivity contribution in [3.05, 3.63) is 66.2 Å². The van der Waals surface area contributed by atoms with Gasteiger partial charge in [-0.1, -0.05) is 48.5 Å². The number of sulfone groups is 1. The van der Waals surface area contributed by atoms with Crippen LogP contribution in [0.3, 0.4) is 0 Å². The third-order valence-corrected chi connectivity index (χ3v) is 6.37. The minimum absolute atomic E-state index is 0.210. The number of nitrogens with zero attached hydrogens (tertiary/aromatic N) is 1. The number of amides is 1. The summed E-state index contributed by atoms with van der Waals surface area (Å²) >= 11 is 0. The van der Waals surface area contributed by atoms with Crippen LogP contribution in [0.4, 0.5) is 0 Å². The van der Waals surface area contributed by atoms with Crippen molar-refractivity contribution < 1.29 is 13.2 Å². The molecule has 0 unspecified atom stereocenters. The summed E-state index contributed by atoms with van der Waals surface area (Å²) < 4.78 is 24.7. The van der Waals surface area contributed by atoms with Crippen molar-refractivity contribution in [3.63, 3.8) is 0 Å². The summed E-state index contributed by atoms with van der Waals surface area (Å²) in [5.41, 5.74) is 1.32. The molecule has 0 bridgehead atoms. The smallest absolute Gasteiger partial charge is 0.238 e. The van der Waals surface area contributed by atoms with Crippen molar-refractivity contribution in [2.24, 2.45) is 5.92 Å². The molecule has 0 aliphatic carbocycles. The SMILES string of the molecule is O=C(CS(=O)(=O)c1ccccc1)N1CCC(Cc2ccccc2)CC1. The molecule has 0 saturated carbocycles. The van der Waals surface area contributed by atoms with E-state index >= 15 is 0 Å². The molecular formula is C20H23NO3S. The number of likely N-dealkylation sites (tertiary alicyclic amines) is 1. The Balaban J connectivity index is 1.53. The number of carbonyl (C=O) groups excluding carboxylic acids is 1. The van der Waals surface area contributed by atoms with Crippen LogP contribution in [-0.2, 0) is 21.1 Å². The zero-order valence-corrected chi connectivity index (χ0v) is 15.0. The predicted molar refractivity (Wildman–Crippen MR) is 97.9 cm³/mol. The summed E-state index contributed by atoms with van der Waals surface area (Å²) in [6.45, 7) is 1.28. The van der Waals surface area contributed by atoms with Gasteiger partial charge in [0.25, 0.3) is 0 Å². The Hall–Kier alpha value is -2.14. The van der Waals surface area contributed by atoms with E-state index in [1.165, 1.54) is 17.7 Å². The maximum absolute atomic E-state index is 12.4. The second-order valence-corrected chi connectivity index (χ2v) is 8.58. The van der Waals surface area contributed by atoms with Gasteiger partial charge in [0.05, 0.1) is 4.90 Å². The maximum Gasteiger partial charge on any atom is 0.238 e. The third-order valence-electron chi connectivity index (χ3n) is 4.75. The van der Waals surface area contributed by atoms with Gasteiger partial charge >= 0.3 is 0 Å². The zero-order chi connectivity index (χ0) is 17.7. The summed E-state index contributed by atoms with van der Waals surface area (Å²) in [6, 6.07) is 18.5. The maximum atomic E-state index is 12.4. The lowest BCUT2D eigenvalue weighted by Gasteiger charge is -2.32. The van der Waals surface area contributed by atoms with Crippen LogP contribution in [0.25, 0.3) is 0 Å². The molecular weight excluding hydrogens is 334 g/mol. The summed E-state index contributed by atoms with van der Waals surface area (Å²) in [5.74, 6) is -0.181. The summed E-state index contributed by atoms with van der Waals surface area (Å²) in [6.07, 6.45) is 2.86. The average molecular weight is 357 g/mol. The van der Waals surface area contributed by atoms with Crippen LogP contribution < -0.4 is 0 Å². The fourth-order valence-corrected chi connectivity index (χ4v) is 4.55. The summed E-state index contributed by atoms with van der Waals surface area (Å²) in [7, 11) is -3.56. The highest BCUT2D eigenvalue weighted by Gasteiger charge is 2.27.